The van der Waals surface area contributed by atoms with Crippen LogP contribution >= 0.6 is 0 Å². The molecule has 1 saturated heterocycles. The van der Waals surface area contributed by atoms with Crippen molar-refractivity contribution < 1.29 is 14.2 Å². The highest BCUT2D eigenvalue weighted by atomic mass is 19.1. The Hall–Kier alpha value is -0.930. The Morgan fingerprint density at radius 3 is 2.93 bits per heavy atom. The molecule has 1 heterocycles. The topological polar surface area (TPSA) is 29.5 Å². The molecule has 2 rings (SSSR count). The lowest BCUT2D eigenvalue weighted by Gasteiger charge is -2.18. The Labute approximate surface area is 88.7 Å². The van der Waals surface area contributed by atoms with Crippen molar-refractivity contribution in [2.45, 2.75) is 19.4 Å². The van der Waals surface area contributed by atoms with Crippen molar-refractivity contribution in [3.63, 3.8) is 0 Å². The van der Waals surface area contributed by atoms with Gasteiger partial charge in [0.15, 0.2) is 0 Å². The number of hydrogen-bond acceptors (Lipinski definition) is 2. The second-order valence-corrected chi connectivity index (χ2v) is 4.07. The first kappa shape index (κ1) is 10.6. The molecule has 1 aromatic rings. The lowest BCUT2D eigenvalue weighted by atomic mass is 9.92. The van der Waals surface area contributed by atoms with Gasteiger partial charge in [0, 0.05) is 12.5 Å². The van der Waals surface area contributed by atoms with E-state index in [4.69, 9.17) is 4.74 Å². The maximum atomic E-state index is 12.9. The van der Waals surface area contributed by atoms with Gasteiger partial charge in [0.05, 0.1) is 12.7 Å². The molecule has 0 saturated carbocycles. The summed E-state index contributed by atoms with van der Waals surface area (Å²) in [6, 6.07) is 4.50. The predicted octanol–water partition coefficient (Wildman–Crippen LogP) is 2.20. The summed E-state index contributed by atoms with van der Waals surface area (Å²) in [7, 11) is 0. The number of benzene rings is 1. The number of aliphatic hydroxyl groups excluding tert-OH is 1. The number of hydrogen-bond donors (Lipinski definition) is 1. The average molecular weight is 210 g/mol. The number of aliphatic hydroxyl groups is 1. The third-order valence-corrected chi connectivity index (χ3v) is 2.96. The van der Waals surface area contributed by atoms with E-state index in [1.165, 1.54) is 12.1 Å². The average Bonchev–Trinajstić information content (AvgIpc) is 2.69. The molecule has 2 nitrogen and oxygen atoms in total. The largest absolute Gasteiger partial charge is 0.388 e. The molecule has 0 aliphatic carbocycles. The molecular formula is C12H15FO2. The first-order valence-corrected chi connectivity index (χ1v) is 5.20. The minimum absolute atomic E-state index is 0.147. The van der Waals surface area contributed by atoms with Gasteiger partial charge < -0.3 is 9.84 Å². The van der Waals surface area contributed by atoms with Crippen molar-refractivity contribution in [3.8, 4) is 0 Å². The number of ether oxygens (including phenoxy) is 1. The number of aryl methyl sites for hydroxylation is 1. The molecule has 3 heteroatoms. The molecule has 1 aromatic carbocycles. The van der Waals surface area contributed by atoms with Gasteiger partial charge in [-0.1, -0.05) is 6.07 Å². The summed E-state index contributed by atoms with van der Waals surface area (Å²) in [5.41, 5.74) is 1.61. The summed E-state index contributed by atoms with van der Waals surface area (Å²) in [4.78, 5) is 0. The minimum Gasteiger partial charge on any atom is -0.388 e. The van der Waals surface area contributed by atoms with Gasteiger partial charge in [-0.25, -0.2) is 4.39 Å². The molecule has 1 N–H and O–H groups in total. The van der Waals surface area contributed by atoms with E-state index in [2.05, 4.69) is 0 Å². The zero-order chi connectivity index (χ0) is 10.8. The van der Waals surface area contributed by atoms with Gasteiger partial charge in [-0.05, 0) is 36.6 Å². The fraction of sp³-hybridized carbons (Fsp3) is 0.500. The van der Waals surface area contributed by atoms with Crippen LogP contribution in [-0.4, -0.2) is 18.3 Å². The molecule has 2 atom stereocenters. The second-order valence-electron chi connectivity index (χ2n) is 4.07. The Morgan fingerprint density at radius 1 is 1.53 bits per heavy atom. The molecule has 1 fully saturated rings. The molecule has 1 aliphatic heterocycles. The van der Waals surface area contributed by atoms with Crippen LogP contribution in [0.3, 0.4) is 0 Å². The van der Waals surface area contributed by atoms with E-state index >= 15 is 0 Å². The van der Waals surface area contributed by atoms with Gasteiger partial charge in [0.1, 0.15) is 5.82 Å². The van der Waals surface area contributed by atoms with Crippen LogP contribution in [0.1, 0.15) is 23.7 Å². The molecule has 0 amide bonds. The number of rotatable bonds is 2. The molecule has 1 aliphatic rings. The second kappa shape index (κ2) is 4.29. The summed E-state index contributed by atoms with van der Waals surface area (Å²) >= 11 is 0. The highest BCUT2D eigenvalue weighted by molar-refractivity contribution is 5.29. The molecule has 2 unspecified atom stereocenters. The van der Waals surface area contributed by atoms with Crippen LogP contribution in [0.2, 0.25) is 0 Å². The van der Waals surface area contributed by atoms with Crippen LogP contribution < -0.4 is 0 Å². The summed E-state index contributed by atoms with van der Waals surface area (Å²) in [6.07, 6.45) is 0.339. The normalized spacial score (nSPS) is 23.0. The van der Waals surface area contributed by atoms with Crippen molar-refractivity contribution in [2.75, 3.05) is 13.2 Å². The summed E-state index contributed by atoms with van der Waals surface area (Å²) in [5, 5.41) is 10.1. The first-order valence-electron chi connectivity index (χ1n) is 5.20. The van der Waals surface area contributed by atoms with Gasteiger partial charge in [-0.3, -0.25) is 0 Å². The zero-order valence-corrected chi connectivity index (χ0v) is 8.74. The Morgan fingerprint density at radius 2 is 2.33 bits per heavy atom. The van der Waals surface area contributed by atoms with E-state index in [1.54, 1.807) is 6.07 Å². The van der Waals surface area contributed by atoms with Gasteiger partial charge in [0.2, 0.25) is 0 Å². The van der Waals surface area contributed by atoms with Crippen LogP contribution in [0, 0.1) is 18.7 Å². The van der Waals surface area contributed by atoms with Crippen molar-refractivity contribution in [2.24, 2.45) is 5.92 Å². The third-order valence-electron chi connectivity index (χ3n) is 2.96. The molecule has 0 radical (unpaired) electrons. The van der Waals surface area contributed by atoms with Crippen molar-refractivity contribution in [1.82, 2.24) is 0 Å². The monoisotopic (exact) mass is 210 g/mol. The molecule has 82 valence electrons. The first-order chi connectivity index (χ1) is 7.18. The molecular weight excluding hydrogens is 195 g/mol. The van der Waals surface area contributed by atoms with Crippen LogP contribution in [0.25, 0.3) is 0 Å². The Balaban J connectivity index is 2.20. The van der Waals surface area contributed by atoms with E-state index in [-0.39, 0.29) is 11.7 Å². The Kier molecular flexibility index (Phi) is 3.03. The lowest BCUT2D eigenvalue weighted by Crippen LogP contribution is -2.13. The zero-order valence-electron chi connectivity index (χ0n) is 8.74. The highest BCUT2D eigenvalue weighted by Gasteiger charge is 2.26. The summed E-state index contributed by atoms with van der Waals surface area (Å²) in [6.45, 7) is 3.12. The van der Waals surface area contributed by atoms with Crippen LogP contribution in [0.15, 0.2) is 18.2 Å². The van der Waals surface area contributed by atoms with E-state index in [0.717, 1.165) is 17.5 Å². The maximum absolute atomic E-state index is 12.9. The Bertz CT molecular complexity index is 345. The maximum Gasteiger partial charge on any atom is 0.123 e. The SMILES string of the molecule is Cc1cc(F)ccc1C(O)C1CCOC1. The standard InChI is InChI=1S/C12H15FO2/c1-8-6-10(13)2-3-11(8)12(14)9-4-5-15-7-9/h2-3,6,9,12,14H,4-5,7H2,1H3. The molecule has 0 spiro atoms. The van der Waals surface area contributed by atoms with Crippen molar-refractivity contribution in [1.29, 1.82) is 0 Å². The summed E-state index contributed by atoms with van der Waals surface area (Å²) < 4.78 is 18.1. The van der Waals surface area contributed by atoms with Gasteiger partial charge in [-0.15, -0.1) is 0 Å². The molecule has 15 heavy (non-hydrogen) atoms. The van der Waals surface area contributed by atoms with Crippen LogP contribution in [-0.2, 0) is 4.74 Å². The minimum atomic E-state index is -0.534. The quantitative estimate of drug-likeness (QED) is 0.810. The summed E-state index contributed by atoms with van der Waals surface area (Å²) in [5.74, 6) is -0.111. The van der Waals surface area contributed by atoms with Gasteiger partial charge in [-0.2, -0.15) is 0 Å². The van der Waals surface area contributed by atoms with Crippen molar-refractivity contribution in [3.05, 3.63) is 35.1 Å². The van der Waals surface area contributed by atoms with Gasteiger partial charge in [0.25, 0.3) is 0 Å². The van der Waals surface area contributed by atoms with Crippen molar-refractivity contribution >= 4 is 0 Å². The third kappa shape index (κ3) is 2.19. The van der Waals surface area contributed by atoms with E-state index in [0.29, 0.717) is 13.2 Å². The smallest absolute Gasteiger partial charge is 0.123 e. The number of halogens is 1. The molecule has 0 bridgehead atoms. The lowest BCUT2D eigenvalue weighted by molar-refractivity contribution is 0.0913. The van der Waals surface area contributed by atoms with Crippen LogP contribution in [0.4, 0.5) is 4.39 Å². The highest BCUT2D eigenvalue weighted by Crippen LogP contribution is 2.30. The van der Waals surface area contributed by atoms with E-state index in [9.17, 15) is 9.50 Å². The van der Waals surface area contributed by atoms with Gasteiger partial charge >= 0.3 is 0 Å². The van der Waals surface area contributed by atoms with Crippen LogP contribution in [0.5, 0.6) is 0 Å². The fourth-order valence-corrected chi connectivity index (χ4v) is 2.03. The fourth-order valence-electron chi connectivity index (χ4n) is 2.03. The predicted molar refractivity (Wildman–Crippen MR) is 55.0 cm³/mol. The van der Waals surface area contributed by atoms with E-state index in [1.807, 2.05) is 6.92 Å². The molecule has 0 aromatic heterocycles. The van der Waals surface area contributed by atoms with E-state index < -0.39 is 6.10 Å².